The summed E-state index contributed by atoms with van der Waals surface area (Å²) in [6, 6.07) is 0.555. The lowest BCUT2D eigenvalue weighted by Crippen LogP contribution is -2.04. The summed E-state index contributed by atoms with van der Waals surface area (Å²) < 4.78 is 2.11. The van der Waals surface area contributed by atoms with E-state index in [0.717, 1.165) is 11.7 Å². The highest BCUT2D eigenvalue weighted by Gasteiger charge is 2.40. The van der Waals surface area contributed by atoms with E-state index in [0.29, 0.717) is 17.2 Å². The highest BCUT2D eigenvalue weighted by Crippen LogP contribution is 2.47. The van der Waals surface area contributed by atoms with Gasteiger partial charge in [-0.15, -0.1) is 10.2 Å². The second-order valence-corrected chi connectivity index (χ2v) is 4.66. The lowest BCUT2D eigenvalue weighted by molar-refractivity contribution is 0.590. The maximum Gasteiger partial charge on any atom is 0.225 e. The Hall–Kier alpha value is -0.570. The summed E-state index contributed by atoms with van der Waals surface area (Å²) >= 11 is 6.04. The first-order valence-corrected chi connectivity index (χ1v) is 5.63. The topological polar surface area (TPSA) is 30.7 Å². The molecule has 0 radical (unpaired) electrons. The number of hydrogen-bond donors (Lipinski definition) is 0. The van der Waals surface area contributed by atoms with Crippen molar-refractivity contribution in [3.05, 3.63) is 11.1 Å². The van der Waals surface area contributed by atoms with E-state index in [1.165, 1.54) is 12.8 Å². The molecule has 1 heterocycles. The van der Waals surface area contributed by atoms with Crippen LogP contribution in [0.25, 0.3) is 0 Å². The number of nitrogens with zero attached hydrogens (tertiary/aromatic N) is 3. The minimum Gasteiger partial charge on any atom is -0.298 e. The molecule has 2 rings (SSSR count). The van der Waals surface area contributed by atoms with Gasteiger partial charge in [0.1, 0.15) is 5.82 Å². The van der Waals surface area contributed by atoms with Crippen LogP contribution in [0.15, 0.2) is 0 Å². The van der Waals surface area contributed by atoms with E-state index in [9.17, 15) is 0 Å². The third-order valence-electron chi connectivity index (χ3n) is 2.94. The van der Waals surface area contributed by atoms with Gasteiger partial charge in [-0.3, -0.25) is 4.57 Å². The van der Waals surface area contributed by atoms with Crippen molar-refractivity contribution in [3.63, 3.8) is 0 Å². The monoisotopic (exact) mass is 213 g/mol. The Morgan fingerprint density at radius 1 is 1.50 bits per heavy atom. The molecule has 1 fully saturated rings. The molecule has 0 bridgehead atoms. The van der Waals surface area contributed by atoms with E-state index in [1.807, 2.05) is 0 Å². The van der Waals surface area contributed by atoms with Crippen LogP contribution in [0.5, 0.6) is 0 Å². The van der Waals surface area contributed by atoms with Gasteiger partial charge in [0.15, 0.2) is 0 Å². The van der Waals surface area contributed by atoms with Gasteiger partial charge < -0.3 is 0 Å². The fourth-order valence-corrected chi connectivity index (χ4v) is 2.22. The standard InChI is InChI=1S/C10H16ClN3/c1-4-7-5-8(7)14-9(6(2)3)12-13-10(14)11/h6-8H,4-5H2,1-3H3. The maximum atomic E-state index is 6.04. The molecule has 0 N–H and O–H groups in total. The SMILES string of the molecule is CCC1CC1n1c(Cl)nnc1C(C)C. The number of rotatable bonds is 3. The van der Waals surface area contributed by atoms with E-state index in [4.69, 9.17) is 11.6 Å². The molecule has 2 atom stereocenters. The summed E-state index contributed by atoms with van der Waals surface area (Å²) in [5.74, 6) is 2.20. The zero-order chi connectivity index (χ0) is 10.3. The van der Waals surface area contributed by atoms with Gasteiger partial charge in [-0.1, -0.05) is 27.2 Å². The first kappa shape index (κ1) is 9.97. The fraction of sp³-hybridized carbons (Fsp3) is 0.800. The van der Waals surface area contributed by atoms with Gasteiger partial charge in [-0.2, -0.15) is 0 Å². The summed E-state index contributed by atoms with van der Waals surface area (Å²) in [6.45, 7) is 6.47. The molecule has 1 aromatic rings. The molecular formula is C10H16ClN3. The predicted molar refractivity (Wildman–Crippen MR) is 56.6 cm³/mol. The quantitative estimate of drug-likeness (QED) is 0.773. The van der Waals surface area contributed by atoms with Crippen LogP contribution in [-0.2, 0) is 0 Å². The first-order valence-electron chi connectivity index (χ1n) is 5.25. The second-order valence-electron chi connectivity index (χ2n) is 4.32. The summed E-state index contributed by atoms with van der Waals surface area (Å²) in [5.41, 5.74) is 0. The van der Waals surface area contributed by atoms with Gasteiger partial charge in [0.25, 0.3) is 0 Å². The summed E-state index contributed by atoms with van der Waals surface area (Å²) in [7, 11) is 0. The highest BCUT2D eigenvalue weighted by molar-refractivity contribution is 6.28. The molecule has 3 nitrogen and oxygen atoms in total. The van der Waals surface area contributed by atoms with Crippen LogP contribution in [0, 0.1) is 5.92 Å². The largest absolute Gasteiger partial charge is 0.298 e. The summed E-state index contributed by atoms with van der Waals surface area (Å²) in [4.78, 5) is 0. The van der Waals surface area contributed by atoms with Gasteiger partial charge in [-0.05, 0) is 23.9 Å². The fourth-order valence-electron chi connectivity index (χ4n) is 1.97. The lowest BCUT2D eigenvalue weighted by atomic mass is 10.2. The van der Waals surface area contributed by atoms with Crippen LogP contribution in [0.3, 0.4) is 0 Å². The Labute approximate surface area is 89.5 Å². The van der Waals surface area contributed by atoms with Crippen LogP contribution < -0.4 is 0 Å². The smallest absolute Gasteiger partial charge is 0.225 e. The molecule has 0 aromatic carbocycles. The van der Waals surface area contributed by atoms with E-state index < -0.39 is 0 Å². The number of aromatic nitrogens is 3. The van der Waals surface area contributed by atoms with Crippen LogP contribution in [0.2, 0.25) is 5.28 Å². The molecule has 4 heteroatoms. The minimum atomic E-state index is 0.396. The van der Waals surface area contributed by atoms with Gasteiger partial charge in [0, 0.05) is 12.0 Å². The van der Waals surface area contributed by atoms with E-state index in [1.54, 1.807) is 0 Å². The normalized spacial score (nSPS) is 25.8. The van der Waals surface area contributed by atoms with Crippen molar-refractivity contribution in [2.75, 3.05) is 0 Å². The molecule has 1 saturated carbocycles. The van der Waals surface area contributed by atoms with Crippen LogP contribution in [0.4, 0.5) is 0 Å². The Morgan fingerprint density at radius 3 is 2.71 bits per heavy atom. The molecule has 0 aliphatic heterocycles. The van der Waals surface area contributed by atoms with E-state index >= 15 is 0 Å². The Bertz CT molecular complexity index is 332. The Morgan fingerprint density at radius 2 is 2.21 bits per heavy atom. The van der Waals surface area contributed by atoms with Gasteiger partial charge in [0.05, 0.1) is 0 Å². The summed E-state index contributed by atoms with van der Waals surface area (Å²) in [5, 5.41) is 8.62. The highest BCUT2D eigenvalue weighted by atomic mass is 35.5. The van der Waals surface area contributed by atoms with Crippen molar-refractivity contribution in [1.82, 2.24) is 14.8 Å². The molecular weight excluding hydrogens is 198 g/mol. The third kappa shape index (κ3) is 1.54. The Kier molecular flexibility index (Phi) is 2.52. The molecule has 0 amide bonds. The third-order valence-corrected chi connectivity index (χ3v) is 3.20. The molecule has 14 heavy (non-hydrogen) atoms. The maximum absolute atomic E-state index is 6.04. The first-order chi connectivity index (χ1) is 6.65. The predicted octanol–water partition coefficient (Wildman–Crippen LogP) is 3.03. The van der Waals surface area contributed by atoms with Gasteiger partial charge in [0.2, 0.25) is 5.28 Å². The second kappa shape index (κ2) is 3.54. The van der Waals surface area contributed by atoms with E-state index in [-0.39, 0.29) is 0 Å². The Balaban J connectivity index is 2.28. The minimum absolute atomic E-state index is 0.396. The van der Waals surface area contributed by atoms with Crippen molar-refractivity contribution in [2.24, 2.45) is 5.92 Å². The van der Waals surface area contributed by atoms with Crippen molar-refractivity contribution < 1.29 is 0 Å². The lowest BCUT2D eigenvalue weighted by Gasteiger charge is -2.08. The average molecular weight is 214 g/mol. The van der Waals surface area contributed by atoms with Crippen molar-refractivity contribution in [2.45, 2.75) is 45.6 Å². The molecule has 78 valence electrons. The molecule has 0 spiro atoms. The summed E-state index contributed by atoms with van der Waals surface area (Å²) in [6.07, 6.45) is 2.45. The van der Waals surface area contributed by atoms with Crippen molar-refractivity contribution >= 4 is 11.6 Å². The molecule has 1 aliphatic carbocycles. The zero-order valence-corrected chi connectivity index (χ0v) is 9.62. The van der Waals surface area contributed by atoms with Gasteiger partial charge in [-0.25, -0.2) is 0 Å². The van der Waals surface area contributed by atoms with Gasteiger partial charge >= 0.3 is 0 Å². The zero-order valence-electron chi connectivity index (χ0n) is 8.87. The van der Waals surface area contributed by atoms with Crippen LogP contribution in [-0.4, -0.2) is 14.8 Å². The van der Waals surface area contributed by atoms with Crippen molar-refractivity contribution in [3.8, 4) is 0 Å². The molecule has 2 unspecified atom stereocenters. The van der Waals surface area contributed by atoms with Crippen molar-refractivity contribution in [1.29, 1.82) is 0 Å². The van der Waals surface area contributed by atoms with Crippen LogP contribution in [0.1, 0.15) is 51.4 Å². The average Bonchev–Trinajstić information content (AvgIpc) is 2.81. The molecule has 1 aliphatic rings. The number of halogens is 1. The molecule has 0 saturated heterocycles. The van der Waals surface area contributed by atoms with E-state index in [2.05, 4.69) is 35.5 Å². The molecule has 1 aromatic heterocycles. The number of hydrogen-bond acceptors (Lipinski definition) is 2. The van der Waals surface area contributed by atoms with Crippen LogP contribution >= 0.6 is 11.6 Å².